The lowest BCUT2D eigenvalue weighted by atomic mass is 10.00. The first-order chi connectivity index (χ1) is 11.6. The average Bonchev–Trinajstić information content (AvgIpc) is 2.98. The number of thiophene rings is 1. The van der Waals surface area contributed by atoms with Gasteiger partial charge < -0.3 is 15.5 Å². The topological polar surface area (TPSA) is 56.7 Å². The van der Waals surface area contributed by atoms with Crippen molar-refractivity contribution in [3.8, 4) is 0 Å². The molecule has 5 nitrogen and oxygen atoms in total. The van der Waals surface area contributed by atoms with E-state index in [1.807, 2.05) is 11.8 Å². The summed E-state index contributed by atoms with van der Waals surface area (Å²) in [6.07, 6.45) is 2.89. The van der Waals surface area contributed by atoms with Crippen molar-refractivity contribution in [1.29, 1.82) is 0 Å². The summed E-state index contributed by atoms with van der Waals surface area (Å²) in [5.74, 6) is 1.66. The number of hydrogen-bond acceptors (Lipinski definition) is 3. The third-order valence-electron chi connectivity index (χ3n) is 4.17. The van der Waals surface area contributed by atoms with Gasteiger partial charge in [0.1, 0.15) is 0 Å². The number of amides is 1. The molecule has 25 heavy (non-hydrogen) atoms. The highest BCUT2D eigenvalue weighted by Crippen LogP contribution is 2.16. The molecule has 2 rings (SSSR count). The van der Waals surface area contributed by atoms with Crippen LogP contribution in [0.1, 0.15) is 42.9 Å². The van der Waals surface area contributed by atoms with E-state index in [1.165, 1.54) is 16.2 Å². The van der Waals surface area contributed by atoms with E-state index >= 15 is 0 Å². The van der Waals surface area contributed by atoms with Crippen LogP contribution in [0.4, 0.5) is 0 Å². The first-order valence-corrected chi connectivity index (χ1v) is 9.75. The van der Waals surface area contributed by atoms with Crippen LogP contribution in [0, 0.1) is 12.8 Å². The van der Waals surface area contributed by atoms with Crippen LogP contribution in [0.2, 0.25) is 0 Å². The summed E-state index contributed by atoms with van der Waals surface area (Å²) in [5.41, 5.74) is 0. The van der Waals surface area contributed by atoms with Gasteiger partial charge >= 0.3 is 0 Å². The second-order valence-electron chi connectivity index (χ2n) is 6.47. The number of piperidine rings is 1. The molecule has 0 saturated carbocycles. The Hall–Kier alpha value is -0.830. The summed E-state index contributed by atoms with van der Waals surface area (Å²) in [4.78, 5) is 21.5. The van der Waals surface area contributed by atoms with E-state index in [4.69, 9.17) is 0 Å². The van der Waals surface area contributed by atoms with Crippen molar-refractivity contribution in [1.82, 2.24) is 15.5 Å². The molecule has 0 aromatic carbocycles. The standard InChI is InChI=1S/C18H30N4OS.HI/c1-4-19-18(21-12-16-8-7-15(3)24-16)20-10-9-17(23)22-11-5-6-14(2)13-22;/h7-8,14H,4-6,9-13H2,1-3H3,(H2,19,20,21);1H. The molecule has 0 radical (unpaired) electrons. The van der Waals surface area contributed by atoms with Gasteiger partial charge in [-0.3, -0.25) is 4.79 Å². The van der Waals surface area contributed by atoms with Gasteiger partial charge in [0.2, 0.25) is 5.91 Å². The zero-order chi connectivity index (χ0) is 17.4. The van der Waals surface area contributed by atoms with Crippen LogP contribution in [-0.4, -0.2) is 42.9 Å². The minimum absolute atomic E-state index is 0. The van der Waals surface area contributed by atoms with E-state index in [1.54, 1.807) is 11.3 Å². The zero-order valence-corrected chi connectivity index (χ0v) is 18.7. The molecule has 1 aliphatic heterocycles. The van der Waals surface area contributed by atoms with Crippen molar-refractivity contribution in [3.05, 3.63) is 21.9 Å². The Morgan fingerprint density at radius 2 is 2.20 bits per heavy atom. The predicted octanol–water partition coefficient (Wildman–Crippen LogP) is 3.38. The van der Waals surface area contributed by atoms with Gasteiger partial charge in [-0.05, 0) is 44.7 Å². The second-order valence-corrected chi connectivity index (χ2v) is 7.84. The molecule has 1 atom stereocenters. The number of carbonyl (C=O) groups excluding carboxylic acids is 1. The van der Waals surface area contributed by atoms with Crippen molar-refractivity contribution in [2.45, 2.75) is 46.6 Å². The maximum absolute atomic E-state index is 12.3. The van der Waals surface area contributed by atoms with E-state index in [9.17, 15) is 4.79 Å². The van der Waals surface area contributed by atoms with E-state index < -0.39 is 0 Å². The summed E-state index contributed by atoms with van der Waals surface area (Å²) in [5, 5.41) is 6.51. The molecule has 2 N–H and O–H groups in total. The maximum Gasteiger partial charge on any atom is 0.224 e. The fraction of sp³-hybridized carbons (Fsp3) is 0.667. The van der Waals surface area contributed by atoms with Crippen LogP contribution in [0.5, 0.6) is 0 Å². The maximum atomic E-state index is 12.3. The van der Waals surface area contributed by atoms with Crippen molar-refractivity contribution in [3.63, 3.8) is 0 Å². The molecule has 2 heterocycles. The molecule has 142 valence electrons. The van der Waals surface area contributed by atoms with Crippen molar-refractivity contribution in [2.24, 2.45) is 10.9 Å². The smallest absolute Gasteiger partial charge is 0.224 e. The van der Waals surface area contributed by atoms with Crippen molar-refractivity contribution < 1.29 is 4.79 Å². The highest BCUT2D eigenvalue weighted by atomic mass is 127. The summed E-state index contributed by atoms with van der Waals surface area (Å²) >= 11 is 1.77. The number of nitrogens with one attached hydrogen (secondary N) is 2. The largest absolute Gasteiger partial charge is 0.357 e. The van der Waals surface area contributed by atoms with Gasteiger partial charge in [0.25, 0.3) is 0 Å². The number of carbonyl (C=O) groups is 1. The number of rotatable bonds is 6. The molecule has 0 spiro atoms. The summed E-state index contributed by atoms with van der Waals surface area (Å²) in [6.45, 7) is 10.3. The van der Waals surface area contributed by atoms with Gasteiger partial charge in [0.15, 0.2) is 5.96 Å². The lowest BCUT2D eigenvalue weighted by molar-refractivity contribution is -0.132. The minimum Gasteiger partial charge on any atom is -0.357 e. The number of likely N-dealkylation sites (tertiary alicyclic amines) is 1. The quantitative estimate of drug-likeness (QED) is 0.375. The first kappa shape index (κ1) is 22.2. The van der Waals surface area contributed by atoms with Crippen LogP contribution in [-0.2, 0) is 11.3 Å². The number of aryl methyl sites for hydroxylation is 1. The monoisotopic (exact) mass is 478 g/mol. The molecule has 1 saturated heterocycles. The fourth-order valence-corrected chi connectivity index (χ4v) is 3.75. The van der Waals surface area contributed by atoms with Crippen LogP contribution in [0.25, 0.3) is 0 Å². The molecule has 1 amide bonds. The van der Waals surface area contributed by atoms with Gasteiger partial charge in [-0.1, -0.05) is 6.92 Å². The van der Waals surface area contributed by atoms with Crippen molar-refractivity contribution >= 4 is 47.2 Å². The molecule has 1 aliphatic rings. The Balaban J connectivity index is 0.00000312. The van der Waals surface area contributed by atoms with E-state index in [0.29, 0.717) is 25.4 Å². The number of aliphatic imine (C=N–C) groups is 1. The summed E-state index contributed by atoms with van der Waals surface area (Å²) in [7, 11) is 0. The Morgan fingerprint density at radius 3 is 2.84 bits per heavy atom. The number of halogens is 1. The Labute approximate surface area is 172 Å². The zero-order valence-electron chi connectivity index (χ0n) is 15.5. The normalized spacial score (nSPS) is 17.8. The molecule has 0 bridgehead atoms. The Bertz CT molecular complexity index is 561. The second kappa shape index (κ2) is 11.7. The third-order valence-corrected chi connectivity index (χ3v) is 5.16. The highest BCUT2D eigenvalue weighted by molar-refractivity contribution is 14.0. The van der Waals surface area contributed by atoms with Gasteiger partial charge in [0, 0.05) is 42.4 Å². The first-order valence-electron chi connectivity index (χ1n) is 8.93. The van der Waals surface area contributed by atoms with Gasteiger partial charge in [-0.2, -0.15) is 0 Å². The molecule has 0 aliphatic carbocycles. The Morgan fingerprint density at radius 1 is 1.40 bits per heavy atom. The molecule has 1 aromatic heterocycles. The third kappa shape index (κ3) is 7.94. The van der Waals surface area contributed by atoms with Crippen molar-refractivity contribution in [2.75, 3.05) is 26.2 Å². The lowest BCUT2D eigenvalue weighted by Crippen LogP contribution is -2.42. The Kier molecular flexibility index (Phi) is 10.4. The summed E-state index contributed by atoms with van der Waals surface area (Å²) < 4.78 is 0. The number of hydrogen-bond donors (Lipinski definition) is 2. The van der Waals surface area contributed by atoms with E-state index in [-0.39, 0.29) is 29.9 Å². The molecule has 1 fully saturated rings. The molecular formula is C18H31IN4OS. The number of nitrogens with zero attached hydrogens (tertiary/aromatic N) is 2. The lowest BCUT2D eigenvalue weighted by Gasteiger charge is -2.31. The van der Waals surface area contributed by atoms with E-state index in [0.717, 1.165) is 32.0 Å². The van der Waals surface area contributed by atoms with Gasteiger partial charge in [-0.25, -0.2) is 4.99 Å². The van der Waals surface area contributed by atoms with Crippen LogP contribution >= 0.6 is 35.3 Å². The highest BCUT2D eigenvalue weighted by Gasteiger charge is 2.20. The predicted molar refractivity (Wildman–Crippen MR) is 117 cm³/mol. The van der Waals surface area contributed by atoms with Crippen LogP contribution in [0.3, 0.4) is 0 Å². The van der Waals surface area contributed by atoms with Gasteiger partial charge in [-0.15, -0.1) is 35.3 Å². The van der Waals surface area contributed by atoms with Gasteiger partial charge in [0.05, 0.1) is 6.54 Å². The van der Waals surface area contributed by atoms with Crippen LogP contribution < -0.4 is 10.6 Å². The molecular weight excluding hydrogens is 447 g/mol. The summed E-state index contributed by atoms with van der Waals surface area (Å²) in [6, 6.07) is 4.24. The molecule has 7 heteroatoms. The average molecular weight is 478 g/mol. The SMILES string of the molecule is CCNC(=NCc1ccc(C)s1)NCCC(=O)N1CCCC(C)C1.I. The van der Waals surface area contributed by atoms with E-state index in [2.05, 4.69) is 41.6 Å². The molecule has 1 aromatic rings. The fourth-order valence-electron chi connectivity index (χ4n) is 2.93. The number of guanidine groups is 1. The molecule has 1 unspecified atom stereocenters. The van der Waals surface area contributed by atoms with Crippen LogP contribution in [0.15, 0.2) is 17.1 Å². The minimum atomic E-state index is 0.